The first-order valence-electron chi connectivity index (χ1n) is 10.9. The lowest BCUT2D eigenvalue weighted by Gasteiger charge is -2.34. The van der Waals surface area contributed by atoms with Gasteiger partial charge in [-0.2, -0.15) is 0 Å². The minimum absolute atomic E-state index is 0.0154. The minimum Gasteiger partial charge on any atom is -0.371 e. The predicted molar refractivity (Wildman–Crippen MR) is 127 cm³/mol. The van der Waals surface area contributed by atoms with Crippen LogP contribution in [0.2, 0.25) is 0 Å². The Morgan fingerprint density at radius 3 is 2.42 bits per heavy atom. The lowest BCUT2D eigenvalue weighted by molar-refractivity contribution is 0.0787. The monoisotopic (exact) mass is 408 g/mol. The molecule has 0 bridgehead atoms. The van der Waals surface area contributed by atoms with Gasteiger partial charge in [0.05, 0.1) is 6.04 Å². The molecule has 0 N–H and O–H groups in total. The summed E-state index contributed by atoms with van der Waals surface area (Å²) in [6.45, 7) is 6.90. The number of hydrogen-bond donors (Lipinski definition) is 0. The second-order valence-corrected chi connectivity index (χ2v) is 9.21. The Hall–Kier alpha value is -3.33. The molecular formula is C28H28N2O. The maximum absolute atomic E-state index is 13.5. The first-order chi connectivity index (χ1) is 14.9. The highest BCUT2D eigenvalue weighted by atomic mass is 16.2. The predicted octanol–water partition coefficient (Wildman–Crippen LogP) is 6.02. The van der Waals surface area contributed by atoms with Crippen molar-refractivity contribution in [3.05, 3.63) is 107 Å². The molecule has 0 aromatic heterocycles. The third-order valence-electron chi connectivity index (χ3n) is 7.27. The van der Waals surface area contributed by atoms with E-state index in [1.807, 2.05) is 47.5 Å². The van der Waals surface area contributed by atoms with Gasteiger partial charge >= 0.3 is 0 Å². The van der Waals surface area contributed by atoms with Gasteiger partial charge in [0, 0.05) is 36.0 Å². The molecule has 156 valence electrons. The van der Waals surface area contributed by atoms with Crippen molar-refractivity contribution in [3.8, 4) is 0 Å². The third kappa shape index (κ3) is 2.99. The van der Waals surface area contributed by atoms with Crippen LogP contribution in [0.15, 0.2) is 79.0 Å². The van der Waals surface area contributed by atoms with E-state index in [1.165, 1.54) is 11.3 Å². The molecule has 2 aliphatic rings. The summed E-state index contributed by atoms with van der Waals surface area (Å²) in [6, 6.07) is 24.9. The fraction of sp³-hybridized carbons (Fsp3) is 0.250. The van der Waals surface area contributed by atoms with E-state index in [1.54, 1.807) is 0 Å². The number of anilines is 1. The Morgan fingerprint density at radius 1 is 0.935 bits per heavy atom. The van der Waals surface area contributed by atoms with Crippen molar-refractivity contribution in [2.45, 2.75) is 38.3 Å². The lowest BCUT2D eigenvalue weighted by atomic mass is 9.79. The summed E-state index contributed by atoms with van der Waals surface area (Å²) in [5, 5.41) is 0. The zero-order chi connectivity index (χ0) is 21.8. The molecule has 0 aliphatic carbocycles. The summed E-state index contributed by atoms with van der Waals surface area (Å²) in [4.78, 5) is 17.8. The molecule has 0 saturated heterocycles. The summed E-state index contributed by atoms with van der Waals surface area (Å²) in [5.74, 6) is 0.0154. The van der Waals surface area contributed by atoms with E-state index in [9.17, 15) is 4.79 Å². The second-order valence-electron chi connectivity index (χ2n) is 9.21. The molecule has 0 fully saturated rings. The van der Waals surface area contributed by atoms with Crippen molar-refractivity contribution < 1.29 is 4.79 Å². The Morgan fingerprint density at radius 2 is 1.65 bits per heavy atom. The number of hydrogen-bond acceptors (Lipinski definition) is 2. The number of benzene rings is 3. The van der Waals surface area contributed by atoms with Crippen LogP contribution in [-0.2, 0) is 5.41 Å². The Balaban J connectivity index is 1.66. The molecule has 2 aliphatic heterocycles. The normalized spacial score (nSPS) is 21.0. The van der Waals surface area contributed by atoms with Gasteiger partial charge in [-0.3, -0.25) is 4.79 Å². The van der Waals surface area contributed by atoms with Crippen LogP contribution in [0.4, 0.5) is 5.69 Å². The van der Waals surface area contributed by atoms with Crippen LogP contribution in [-0.4, -0.2) is 23.9 Å². The number of carbonyl (C=O) groups is 1. The fourth-order valence-corrected chi connectivity index (χ4v) is 5.03. The quantitative estimate of drug-likeness (QED) is 0.518. The molecule has 0 radical (unpaired) electrons. The van der Waals surface area contributed by atoms with Crippen molar-refractivity contribution in [2.75, 3.05) is 11.9 Å². The molecule has 0 unspecified atom stereocenters. The van der Waals surface area contributed by atoms with Crippen LogP contribution in [0.25, 0.3) is 6.08 Å². The third-order valence-corrected chi connectivity index (χ3v) is 7.27. The van der Waals surface area contributed by atoms with Crippen molar-refractivity contribution in [3.63, 3.8) is 0 Å². The number of carbonyl (C=O) groups excluding carboxylic acids is 1. The molecule has 1 amide bonds. The Labute approximate surface area is 184 Å². The van der Waals surface area contributed by atoms with Crippen LogP contribution in [0.3, 0.4) is 0 Å². The Kier molecular flexibility index (Phi) is 4.51. The van der Waals surface area contributed by atoms with E-state index < -0.39 is 0 Å². The SMILES string of the molecule is C[C@@H]1N(C)c2ccc([C@@H]3c4ccccc4C=CN3C(=O)c3ccccc3)cc2C1(C)C. The lowest BCUT2D eigenvalue weighted by Crippen LogP contribution is -2.36. The summed E-state index contributed by atoms with van der Waals surface area (Å²) < 4.78 is 0. The van der Waals surface area contributed by atoms with E-state index in [2.05, 4.69) is 75.2 Å². The van der Waals surface area contributed by atoms with Gasteiger partial charge in [0.15, 0.2) is 0 Å². The highest BCUT2D eigenvalue weighted by Gasteiger charge is 2.41. The fourth-order valence-electron chi connectivity index (χ4n) is 5.03. The van der Waals surface area contributed by atoms with Gasteiger partial charge in [-0.25, -0.2) is 0 Å². The number of fused-ring (bicyclic) bond motifs is 2. The number of likely N-dealkylation sites (N-methyl/N-ethyl adjacent to an activating group) is 1. The van der Waals surface area contributed by atoms with Gasteiger partial charge in [0.1, 0.15) is 0 Å². The van der Waals surface area contributed by atoms with Gasteiger partial charge in [0.25, 0.3) is 5.91 Å². The summed E-state index contributed by atoms with van der Waals surface area (Å²) in [5.41, 5.74) is 6.84. The second kappa shape index (κ2) is 7.12. The standard InChI is InChI=1S/C28H28N2O/c1-19-28(2,3)24-18-22(14-15-25(24)29(19)4)26-23-13-9-8-10-20(23)16-17-30(26)27(31)21-11-6-5-7-12-21/h5-19,26H,1-4H3/t19-,26+/m0/s1. The smallest absolute Gasteiger partial charge is 0.258 e. The van der Waals surface area contributed by atoms with Gasteiger partial charge in [-0.1, -0.05) is 68.4 Å². The van der Waals surface area contributed by atoms with Crippen LogP contribution in [0.1, 0.15) is 59.4 Å². The van der Waals surface area contributed by atoms with Crippen LogP contribution in [0.5, 0.6) is 0 Å². The highest BCUT2D eigenvalue weighted by molar-refractivity contribution is 5.96. The molecule has 2 heterocycles. The molecule has 31 heavy (non-hydrogen) atoms. The van der Waals surface area contributed by atoms with Crippen LogP contribution in [0, 0.1) is 0 Å². The summed E-state index contributed by atoms with van der Waals surface area (Å²) in [6.07, 6.45) is 3.98. The molecular weight excluding hydrogens is 380 g/mol. The van der Waals surface area contributed by atoms with Gasteiger partial charge < -0.3 is 9.80 Å². The molecule has 3 aromatic carbocycles. The van der Waals surface area contributed by atoms with Crippen LogP contribution >= 0.6 is 0 Å². The van der Waals surface area contributed by atoms with E-state index in [-0.39, 0.29) is 17.4 Å². The molecule has 0 saturated carbocycles. The number of nitrogens with zero attached hydrogens (tertiary/aromatic N) is 2. The Bertz CT molecular complexity index is 1180. The molecule has 5 rings (SSSR count). The molecule has 3 heteroatoms. The van der Waals surface area contributed by atoms with Crippen LogP contribution < -0.4 is 4.90 Å². The summed E-state index contributed by atoms with van der Waals surface area (Å²) in [7, 11) is 2.17. The van der Waals surface area contributed by atoms with Crippen molar-refractivity contribution >= 4 is 17.7 Å². The first-order valence-corrected chi connectivity index (χ1v) is 10.9. The average Bonchev–Trinajstić information content (AvgIpc) is 2.98. The highest BCUT2D eigenvalue weighted by Crippen LogP contribution is 2.46. The average molecular weight is 409 g/mol. The van der Waals surface area contributed by atoms with E-state index in [0.29, 0.717) is 11.6 Å². The summed E-state index contributed by atoms with van der Waals surface area (Å²) >= 11 is 0. The van der Waals surface area contributed by atoms with Gasteiger partial charge in [-0.15, -0.1) is 0 Å². The number of amides is 1. The maximum atomic E-state index is 13.5. The number of rotatable bonds is 2. The zero-order valence-corrected chi connectivity index (χ0v) is 18.5. The maximum Gasteiger partial charge on any atom is 0.258 e. The first kappa shape index (κ1) is 19.6. The van der Waals surface area contributed by atoms with Crippen molar-refractivity contribution in [1.82, 2.24) is 4.90 Å². The molecule has 3 nitrogen and oxygen atoms in total. The van der Waals surface area contributed by atoms with E-state index in [0.717, 1.165) is 16.7 Å². The van der Waals surface area contributed by atoms with E-state index in [4.69, 9.17) is 0 Å². The van der Waals surface area contributed by atoms with Gasteiger partial charge in [-0.05, 0) is 53.5 Å². The van der Waals surface area contributed by atoms with Crippen molar-refractivity contribution in [2.24, 2.45) is 0 Å². The topological polar surface area (TPSA) is 23.6 Å². The largest absolute Gasteiger partial charge is 0.371 e. The zero-order valence-electron chi connectivity index (χ0n) is 18.5. The van der Waals surface area contributed by atoms with Crippen molar-refractivity contribution in [1.29, 1.82) is 0 Å². The van der Waals surface area contributed by atoms with E-state index >= 15 is 0 Å². The minimum atomic E-state index is -0.156. The molecule has 0 spiro atoms. The van der Waals surface area contributed by atoms with Gasteiger partial charge in [0.2, 0.25) is 0 Å². The molecule has 2 atom stereocenters. The molecule has 3 aromatic rings.